The quantitative estimate of drug-likeness (QED) is 0.307. The number of fused-ring (bicyclic) bond motifs is 3. The van der Waals surface area contributed by atoms with Crippen LogP contribution >= 0.6 is 0 Å². The van der Waals surface area contributed by atoms with Crippen LogP contribution in [0.15, 0.2) is 83.6 Å². The van der Waals surface area contributed by atoms with Crippen molar-refractivity contribution in [2.24, 2.45) is 0 Å². The molecule has 0 aliphatic heterocycles. The summed E-state index contributed by atoms with van der Waals surface area (Å²) >= 11 is 0. The SMILES string of the molecule is Nc1ccccc1NC(=O)c1ccc(CCn2ccc3c2nc(N)n2nc(-c4ccco4)nc32)cc1. The Morgan fingerprint density at radius 1 is 0.944 bits per heavy atom. The highest BCUT2D eigenvalue weighted by molar-refractivity contribution is 6.05. The number of carbonyl (C=O) groups excluding carboxylic acids is 1. The van der Waals surface area contributed by atoms with Gasteiger partial charge in [0, 0.05) is 18.3 Å². The van der Waals surface area contributed by atoms with E-state index >= 15 is 0 Å². The van der Waals surface area contributed by atoms with Gasteiger partial charge in [-0.2, -0.15) is 9.50 Å². The fraction of sp³-hybridized carbons (Fsp3) is 0.0769. The minimum atomic E-state index is -0.207. The van der Waals surface area contributed by atoms with E-state index in [1.807, 2.05) is 53.2 Å². The van der Waals surface area contributed by atoms with Gasteiger partial charge >= 0.3 is 0 Å². The zero-order chi connectivity index (χ0) is 24.6. The first-order valence-corrected chi connectivity index (χ1v) is 11.4. The first-order valence-electron chi connectivity index (χ1n) is 11.4. The molecule has 6 aromatic rings. The smallest absolute Gasteiger partial charge is 0.255 e. The van der Waals surface area contributed by atoms with Crippen molar-refractivity contribution >= 4 is 39.9 Å². The largest absolute Gasteiger partial charge is 0.461 e. The lowest BCUT2D eigenvalue weighted by atomic mass is 10.1. The molecule has 0 bridgehead atoms. The lowest BCUT2D eigenvalue weighted by Crippen LogP contribution is -2.13. The molecule has 0 fully saturated rings. The average Bonchev–Trinajstić information content (AvgIpc) is 3.64. The molecule has 5 N–H and O–H groups in total. The molecule has 10 heteroatoms. The number of para-hydroxylation sites is 2. The van der Waals surface area contributed by atoms with E-state index in [2.05, 4.69) is 20.4 Å². The van der Waals surface area contributed by atoms with E-state index < -0.39 is 0 Å². The normalized spacial score (nSPS) is 11.3. The number of anilines is 3. The van der Waals surface area contributed by atoms with Crippen LogP contribution in [0, 0.1) is 0 Å². The van der Waals surface area contributed by atoms with Crippen molar-refractivity contribution < 1.29 is 9.21 Å². The zero-order valence-corrected chi connectivity index (χ0v) is 19.1. The molecule has 0 aliphatic rings. The summed E-state index contributed by atoms with van der Waals surface area (Å²) in [6.45, 7) is 0.678. The van der Waals surface area contributed by atoms with Gasteiger partial charge in [-0.05, 0) is 54.4 Å². The summed E-state index contributed by atoms with van der Waals surface area (Å²) in [6, 6.07) is 20.2. The summed E-state index contributed by atoms with van der Waals surface area (Å²) in [6.07, 6.45) is 4.28. The molecule has 178 valence electrons. The lowest BCUT2D eigenvalue weighted by molar-refractivity contribution is 0.102. The van der Waals surface area contributed by atoms with Crippen molar-refractivity contribution in [3.63, 3.8) is 0 Å². The Morgan fingerprint density at radius 2 is 1.78 bits per heavy atom. The Bertz CT molecular complexity index is 1700. The van der Waals surface area contributed by atoms with Gasteiger partial charge < -0.3 is 25.8 Å². The molecule has 36 heavy (non-hydrogen) atoms. The van der Waals surface area contributed by atoms with Crippen LogP contribution in [-0.4, -0.2) is 30.1 Å². The summed E-state index contributed by atoms with van der Waals surface area (Å²) in [5.41, 5.74) is 16.2. The van der Waals surface area contributed by atoms with E-state index in [0.717, 1.165) is 23.0 Å². The molecule has 0 atom stereocenters. The Balaban J connectivity index is 1.19. The van der Waals surface area contributed by atoms with Gasteiger partial charge in [0.25, 0.3) is 5.91 Å². The second-order valence-corrected chi connectivity index (χ2v) is 8.35. The number of aryl methyl sites for hydroxylation is 2. The molecular formula is C26H22N8O2. The zero-order valence-electron chi connectivity index (χ0n) is 19.1. The number of aromatic nitrogens is 5. The summed E-state index contributed by atoms with van der Waals surface area (Å²) in [5, 5.41) is 8.13. The van der Waals surface area contributed by atoms with Gasteiger partial charge in [0.05, 0.1) is 23.0 Å². The van der Waals surface area contributed by atoms with Crippen LogP contribution in [0.3, 0.4) is 0 Å². The molecule has 0 radical (unpaired) electrons. The molecule has 1 amide bonds. The van der Waals surface area contributed by atoms with Gasteiger partial charge in [0.2, 0.25) is 11.8 Å². The van der Waals surface area contributed by atoms with Crippen molar-refractivity contribution in [2.75, 3.05) is 16.8 Å². The highest BCUT2D eigenvalue weighted by Crippen LogP contribution is 2.25. The number of nitrogens with one attached hydrogen (secondary N) is 1. The number of rotatable bonds is 6. The standard InChI is InChI=1S/C26H22N8O2/c27-19-4-1-2-5-20(19)29-25(35)17-9-7-16(8-10-17)11-13-33-14-12-18-23(33)31-26(28)34-24(18)30-22(32-34)21-6-3-15-36-21/h1-10,12,14-15H,11,13,27H2,(H2,28,31)(H,29,35). The van der Waals surface area contributed by atoms with E-state index in [4.69, 9.17) is 15.9 Å². The average molecular weight is 479 g/mol. The molecule has 4 heterocycles. The number of nitrogens with two attached hydrogens (primary N) is 2. The van der Waals surface area contributed by atoms with E-state index in [1.165, 1.54) is 4.52 Å². The maximum absolute atomic E-state index is 12.6. The van der Waals surface area contributed by atoms with Crippen molar-refractivity contribution in [1.82, 2.24) is 24.1 Å². The van der Waals surface area contributed by atoms with Crippen LogP contribution in [-0.2, 0) is 13.0 Å². The predicted octanol–water partition coefficient (Wildman–Crippen LogP) is 4.00. The van der Waals surface area contributed by atoms with E-state index in [1.54, 1.807) is 30.5 Å². The number of furan rings is 1. The molecule has 0 saturated heterocycles. The maximum atomic E-state index is 12.6. The maximum Gasteiger partial charge on any atom is 0.255 e. The highest BCUT2D eigenvalue weighted by atomic mass is 16.3. The van der Waals surface area contributed by atoms with Crippen molar-refractivity contribution in [3.05, 3.63) is 90.3 Å². The Kier molecular flexibility index (Phi) is 5.11. The first-order chi connectivity index (χ1) is 17.6. The molecule has 0 unspecified atom stereocenters. The van der Waals surface area contributed by atoms with Gasteiger partial charge in [-0.15, -0.1) is 5.10 Å². The third-order valence-corrected chi connectivity index (χ3v) is 6.03. The van der Waals surface area contributed by atoms with Crippen molar-refractivity contribution in [2.45, 2.75) is 13.0 Å². The van der Waals surface area contributed by atoms with E-state index in [9.17, 15) is 4.79 Å². The summed E-state index contributed by atoms with van der Waals surface area (Å²) in [4.78, 5) is 21.8. The fourth-order valence-corrected chi connectivity index (χ4v) is 4.13. The summed E-state index contributed by atoms with van der Waals surface area (Å²) in [7, 11) is 0. The fourth-order valence-electron chi connectivity index (χ4n) is 4.13. The number of carbonyl (C=O) groups is 1. The number of hydrogen-bond donors (Lipinski definition) is 3. The van der Waals surface area contributed by atoms with Crippen LogP contribution in [0.25, 0.3) is 28.3 Å². The van der Waals surface area contributed by atoms with Crippen LogP contribution in [0.5, 0.6) is 0 Å². The summed E-state index contributed by atoms with van der Waals surface area (Å²) < 4.78 is 8.98. The Hall–Kier alpha value is -5.12. The van der Waals surface area contributed by atoms with Gasteiger partial charge in [0.1, 0.15) is 5.65 Å². The van der Waals surface area contributed by atoms with Crippen LogP contribution < -0.4 is 16.8 Å². The molecule has 0 aliphatic carbocycles. The summed E-state index contributed by atoms with van der Waals surface area (Å²) in [5.74, 6) is 1.06. The molecule has 4 aromatic heterocycles. The van der Waals surface area contributed by atoms with Crippen molar-refractivity contribution in [1.29, 1.82) is 0 Å². The number of amides is 1. The molecule has 10 nitrogen and oxygen atoms in total. The van der Waals surface area contributed by atoms with Gasteiger partial charge in [-0.1, -0.05) is 24.3 Å². The molecule has 6 rings (SSSR count). The predicted molar refractivity (Wildman–Crippen MR) is 137 cm³/mol. The molecule has 2 aromatic carbocycles. The van der Waals surface area contributed by atoms with E-state index in [-0.39, 0.29) is 11.9 Å². The van der Waals surface area contributed by atoms with Gasteiger partial charge in [-0.3, -0.25) is 4.79 Å². The van der Waals surface area contributed by atoms with Gasteiger partial charge in [-0.25, -0.2) is 4.98 Å². The molecule has 0 saturated carbocycles. The Morgan fingerprint density at radius 3 is 2.56 bits per heavy atom. The number of hydrogen-bond acceptors (Lipinski definition) is 7. The third kappa shape index (κ3) is 3.80. The monoisotopic (exact) mass is 478 g/mol. The minimum Gasteiger partial charge on any atom is -0.461 e. The molecule has 0 spiro atoms. The number of nitrogens with zero attached hydrogens (tertiary/aromatic N) is 5. The van der Waals surface area contributed by atoms with Gasteiger partial charge in [0.15, 0.2) is 11.4 Å². The minimum absolute atomic E-state index is 0.207. The van der Waals surface area contributed by atoms with Crippen LogP contribution in [0.1, 0.15) is 15.9 Å². The number of benzene rings is 2. The van der Waals surface area contributed by atoms with Crippen LogP contribution in [0.4, 0.5) is 17.3 Å². The second kappa shape index (κ2) is 8.58. The number of nitrogen functional groups attached to an aromatic ring is 2. The third-order valence-electron chi connectivity index (χ3n) is 6.03. The van der Waals surface area contributed by atoms with Crippen LogP contribution in [0.2, 0.25) is 0 Å². The van der Waals surface area contributed by atoms with E-state index in [0.29, 0.717) is 40.7 Å². The first kappa shape index (κ1) is 21.4. The second-order valence-electron chi connectivity index (χ2n) is 8.35. The Labute approximate surface area is 205 Å². The van der Waals surface area contributed by atoms with Crippen molar-refractivity contribution in [3.8, 4) is 11.6 Å². The highest BCUT2D eigenvalue weighted by Gasteiger charge is 2.17. The molecular weight excluding hydrogens is 456 g/mol. The topological polar surface area (TPSA) is 142 Å². The lowest BCUT2D eigenvalue weighted by Gasteiger charge is -2.09.